The number of carbonyl (C=O) groups is 3. The normalized spacial score (nSPS) is 24.2. The Morgan fingerprint density at radius 1 is 1.03 bits per heavy atom. The zero-order valence-corrected chi connectivity index (χ0v) is 23.3. The van der Waals surface area contributed by atoms with E-state index >= 15 is 0 Å². The topological polar surface area (TPSA) is 83.9 Å². The molecule has 2 saturated heterocycles. The maximum absolute atomic E-state index is 13.2. The number of aliphatic hydroxyl groups is 1. The molecule has 2 aromatic rings. The van der Waals surface area contributed by atoms with E-state index in [4.69, 9.17) is 4.74 Å². The van der Waals surface area contributed by atoms with Crippen LogP contribution in [0.2, 0.25) is 0 Å². The molecule has 194 valence electrons. The summed E-state index contributed by atoms with van der Waals surface area (Å²) in [5.41, 5.74) is -1.58. The van der Waals surface area contributed by atoms with E-state index in [-0.39, 0.29) is 48.4 Å². The van der Waals surface area contributed by atoms with Crippen molar-refractivity contribution in [3.8, 4) is 0 Å². The Bertz CT molecular complexity index is 1040. The van der Waals surface area contributed by atoms with Crippen LogP contribution in [0.15, 0.2) is 60.7 Å². The standard InChI is InChI=1S/C28H35N2O5.HI/c1-21(2)29-24(31)20-27(25(29)32)14-16-30(3,17-15-27)18-19-35-26(33)28(34,22-10-6-4-7-11-22)23-12-8-5-9-13-23;/h4-13,21,34H,14-20H2,1-3H3;1H/q+1;/p-1. The lowest BCUT2D eigenvalue weighted by atomic mass is 9.76. The minimum absolute atomic E-state index is 0. The number of hydrogen-bond acceptors (Lipinski definition) is 5. The number of likely N-dealkylation sites (tertiary alicyclic amines) is 2. The maximum Gasteiger partial charge on any atom is 0.347 e. The number of amides is 2. The number of quaternary nitrogens is 1. The quantitative estimate of drug-likeness (QED) is 0.206. The first-order valence-electron chi connectivity index (χ1n) is 12.3. The predicted octanol–water partition coefficient (Wildman–Crippen LogP) is -0.136. The van der Waals surface area contributed by atoms with Crippen molar-refractivity contribution in [3.05, 3.63) is 71.8 Å². The van der Waals surface area contributed by atoms with E-state index < -0.39 is 17.0 Å². The van der Waals surface area contributed by atoms with Crippen molar-refractivity contribution in [3.63, 3.8) is 0 Å². The van der Waals surface area contributed by atoms with E-state index in [0.717, 1.165) is 13.1 Å². The van der Waals surface area contributed by atoms with Crippen LogP contribution in [-0.4, -0.2) is 71.6 Å². The van der Waals surface area contributed by atoms with Gasteiger partial charge in [0.05, 0.1) is 25.6 Å². The second-order valence-corrected chi connectivity index (χ2v) is 10.5. The van der Waals surface area contributed by atoms with Gasteiger partial charge in [-0.25, -0.2) is 4.79 Å². The minimum Gasteiger partial charge on any atom is -1.00 e. The lowest BCUT2D eigenvalue weighted by Crippen LogP contribution is -3.00. The smallest absolute Gasteiger partial charge is 0.347 e. The van der Waals surface area contributed by atoms with Crippen molar-refractivity contribution in [2.45, 2.75) is 44.8 Å². The fourth-order valence-corrected chi connectivity index (χ4v) is 5.38. The van der Waals surface area contributed by atoms with Gasteiger partial charge in [-0.3, -0.25) is 14.5 Å². The SMILES string of the molecule is CC(C)N1C(=O)CC2(CC[N+](C)(CCOC(=O)C(O)(c3ccccc3)c3ccccc3)CC2)C1=O.[I-]. The molecule has 0 unspecified atom stereocenters. The summed E-state index contributed by atoms with van der Waals surface area (Å²) >= 11 is 0. The number of esters is 1. The first-order chi connectivity index (χ1) is 16.6. The van der Waals surface area contributed by atoms with Gasteiger partial charge >= 0.3 is 5.97 Å². The first-order valence-corrected chi connectivity index (χ1v) is 12.3. The summed E-state index contributed by atoms with van der Waals surface area (Å²) in [5.74, 6) is -0.818. The monoisotopic (exact) mass is 606 g/mol. The molecule has 0 radical (unpaired) electrons. The molecule has 2 aliphatic heterocycles. The lowest BCUT2D eigenvalue weighted by Gasteiger charge is -2.43. The van der Waals surface area contributed by atoms with Gasteiger partial charge in [0.2, 0.25) is 17.4 Å². The van der Waals surface area contributed by atoms with Gasteiger partial charge < -0.3 is 38.3 Å². The summed E-state index contributed by atoms with van der Waals surface area (Å²) < 4.78 is 6.30. The van der Waals surface area contributed by atoms with Crippen LogP contribution in [0.4, 0.5) is 0 Å². The summed E-state index contributed by atoms with van der Waals surface area (Å²) in [7, 11) is 2.09. The van der Waals surface area contributed by atoms with E-state index in [2.05, 4.69) is 7.05 Å². The van der Waals surface area contributed by atoms with Crippen LogP contribution < -0.4 is 24.0 Å². The van der Waals surface area contributed by atoms with Gasteiger partial charge in [-0.15, -0.1) is 0 Å². The van der Waals surface area contributed by atoms with Gasteiger partial charge in [-0.05, 0) is 25.0 Å². The van der Waals surface area contributed by atoms with Gasteiger partial charge in [-0.2, -0.15) is 0 Å². The summed E-state index contributed by atoms with van der Waals surface area (Å²) in [5, 5.41) is 11.5. The zero-order valence-electron chi connectivity index (χ0n) is 21.2. The van der Waals surface area contributed by atoms with E-state index in [1.165, 1.54) is 4.90 Å². The summed E-state index contributed by atoms with van der Waals surface area (Å²) in [6, 6.07) is 17.5. The molecule has 0 atom stereocenters. The van der Waals surface area contributed by atoms with Crippen LogP contribution >= 0.6 is 0 Å². The van der Waals surface area contributed by atoms with Crippen molar-refractivity contribution < 1.29 is 52.7 Å². The highest BCUT2D eigenvalue weighted by Gasteiger charge is 2.55. The highest BCUT2D eigenvalue weighted by molar-refractivity contribution is 6.06. The Labute approximate surface area is 230 Å². The summed E-state index contributed by atoms with van der Waals surface area (Å²) in [6.07, 6.45) is 1.58. The van der Waals surface area contributed by atoms with Crippen LogP contribution in [-0.2, 0) is 24.7 Å². The van der Waals surface area contributed by atoms with E-state index in [9.17, 15) is 19.5 Å². The molecule has 1 spiro atoms. The molecule has 0 aromatic heterocycles. The number of ether oxygens (including phenoxy) is 1. The number of rotatable bonds is 7. The molecule has 7 nitrogen and oxygen atoms in total. The lowest BCUT2D eigenvalue weighted by molar-refractivity contribution is -0.916. The molecule has 36 heavy (non-hydrogen) atoms. The van der Waals surface area contributed by atoms with Gasteiger partial charge in [0, 0.05) is 25.3 Å². The van der Waals surface area contributed by atoms with E-state index in [1.807, 2.05) is 26.0 Å². The average Bonchev–Trinajstić information content (AvgIpc) is 3.11. The molecule has 2 heterocycles. The Hall–Kier alpha value is -2.30. The van der Waals surface area contributed by atoms with E-state index in [1.54, 1.807) is 48.5 Å². The molecule has 0 aliphatic carbocycles. The minimum atomic E-state index is -1.90. The predicted molar refractivity (Wildman–Crippen MR) is 131 cm³/mol. The molecule has 0 bridgehead atoms. The molecule has 2 amide bonds. The maximum atomic E-state index is 13.2. The molecule has 2 aliphatic rings. The molecule has 8 heteroatoms. The van der Waals surface area contributed by atoms with Crippen LogP contribution in [0.1, 0.15) is 44.2 Å². The molecule has 0 saturated carbocycles. The van der Waals surface area contributed by atoms with Crippen molar-refractivity contribution in [2.24, 2.45) is 5.41 Å². The van der Waals surface area contributed by atoms with Crippen LogP contribution in [0.5, 0.6) is 0 Å². The third-order valence-electron chi connectivity index (χ3n) is 7.75. The number of halogens is 1. The molecule has 1 N–H and O–H groups in total. The van der Waals surface area contributed by atoms with Gasteiger partial charge in [0.25, 0.3) is 0 Å². The number of imide groups is 1. The highest BCUT2D eigenvalue weighted by atomic mass is 127. The Morgan fingerprint density at radius 3 is 1.97 bits per heavy atom. The van der Waals surface area contributed by atoms with Crippen LogP contribution in [0.25, 0.3) is 0 Å². The number of likely N-dealkylation sites (N-methyl/N-ethyl adjacent to an activating group) is 1. The van der Waals surface area contributed by atoms with Crippen molar-refractivity contribution in [2.75, 3.05) is 33.3 Å². The summed E-state index contributed by atoms with van der Waals surface area (Å²) in [6.45, 7) is 5.91. The highest BCUT2D eigenvalue weighted by Crippen LogP contribution is 2.44. The third kappa shape index (κ3) is 5.21. The number of nitrogens with zero attached hydrogens (tertiary/aromatic N) is 2. The van der Waals surface area contributed by atoms with Crippen molar-refractivity contribution in [1.82, 2.24) is 4.90 Å². The van der Waals surface area contributed by atoms with Crippen LogP contribution in [0, 0.1) is 5.41 Å². The largest absolute Gasteiger partial charge is 1.00 e. The Morgan fingerprint density at radius 2 is 1.53 bits per heavy atom. The third-order valence-corrected chi connectivity index (χ3v) is 7.75. The van der Waals surface area contributed by atoms with Crippen LogP contribution in [0.3, 0.4) is 0 Å². The zero-order chi connectivity index (χ0) is 25.3. The number of carbonyl (C=O) groups excluding carboxylic acids is 3. The second-order valence-electron chi connectivity index (χ2n) is 10.5. The number of benzene rings is 2. The van der Waals surface area contributed by atoms with Crippen molar-refractivity contribution in [1.29, 1.82) is 0 Å². The number of piperidine rings is 1. The molecule has 4 rings (SSSR count). The number of hydrogen-bond donors (Lipinski definition) is 1. The fourth-order valence-electron chi connectivity index (χ4n) is 5.38. The fraction of sp³-hybridized carbons (Fsp3) is 0.464. The second kappa shape index (κ2) is 11.0. The van der Waals surface area contributed by atoms with Gasteiger partial charge in [0.15, 0.2) is 0 Å². The van der Waals surface area contributed by atoms with E-state index in [0.29, 0.717) is 41.4 Å². The first kappa shape index (κ1) is 28.3. The molecular formula is C28H35IN2O5. The molecular weight excluding hydrogens is 571 g/mol. The average molecular weight is 607 g/mol. The van der Waals surface area contributed by atoms with Gasteiger partial charge in [0.1, 0.15) is 13.2 Å². The summed E-state index contributed by atoms with van der Waals surface area (Å²) in [4.78, 5) is 40.1. The van der Waals surface area contributed by atoms with Gasteiger partial charge in [-0.1, -0.05) is 60.7 Å². The molecule has 2 fully saturated rings. The Balaban J connectivity index is 0.00000361. The molecule has 2 aromatic carbocycles. The van der Waals surface area contributed by atoms with Crippen molar-refractivity contribution >= 4 is 17.8 Å². The Kier molecular flexibility index (Phi) is 8.63.